The number of carbonyl (C=O) groups excluding carboxylic acids is 1. The zero-order chi connectivity index (χ0) is 8.69. The second-order valence-corrected chi connectivity index (χ2v) is 1.83. The highest BCUT2D eigenvalue weighted by Gasteiger charge is 2.00. The van der Waals surface area contributed by atoms with E-state index in [0.29, 0.717) is 5.57 Å². The standard InChI is InChI=1S/C8H11NO2/c1-7(8(10)11-3)5-4-6-9-2/h4-6H,1H2,2-3H3/p+1/b5-4-,9-6?. The summed E-state index contributed by atoms with van der Waals surface area (Å²) in [5.74, 6) is -0.411. The summed E-state index contributed by atoms with van der Waals surface area (Å²) in [4.78, 5) is 13.5. The molecule has 0 aromatic heterocycles. The molecule has 0 unspecified atom stereocenters. The van der Waals surface area contributed by atoms with Gasteiger partial charge in [0.05, 0.1) is 12.7 Å². The fourth-order valence-corrected chi connectivity index (χ4v) is 0.460. The van der Waals surface area contributed by atoms with Crippen LogP contribution in [0.2, 0.25) is 0 Å². The highest BCUT2D eigenvalue weighted by atomic mass is 16.5. The van der Waals surface area contributed by atoms with Crippen LogP contribution in [-0.2, 0) is 9.53 Å². The van der Waals surface area contributed by atoms with Crippen molar-refractivity contribution in [2.24, 2.45) is 0 Å². The number of esters is 1. The molecule has 0 atom stereocenters. The molecule has 3 nitrogen and oxygen atoms in total. The Kier molecular flexibility index (Phi) is 4.73. The third-order valence-corrected chi connectivity index (χ3v) is 1.01. The highest BCUT2D eigenvalue weighted by molar-refractivity contribution is 5.91. The Morgan fingerprint density at radius 1 is 1.64 bits per heavy atom. The van der Waals surface area contributed by atoms with Crippen LogP contribution in [0.25, 0.3) is 0 Å². The van der Waals surface area contributed by atoms with Gasteiger partial charge in [0.25, 0.3) is 0 Å². The van der Waals surface area contributed by atoms with Gasteiger partial charge in [0, 0.05) is 6.08 Å². The van der Waals surface area contributed by atoms with Gasteiger partial charge in [-0.2, -0.15) is 0 Å². The second-order valence-electron chi connectivity index (χ2n) is 1.83. The number of hydrogen-bond acceptors (Lipinski definition) is 2. The molecule has 0 aliphatic rings. The SMILES string of the molecule is C=C(/C=C\C=[NH+]C)C(=O)OC. The molecule has 0 amide bonds. The monoisotopic (exact) mass is 154 g/mol. The Labute approximate surface area is 66.1 Å². The third kappa shape index (κ3) is 4.08. The predicted molar refractivity (Wildman–Crippen MR) is 43.2 cm³/mol. The van der Waals surface area contributed by atoms with Crippen molar-refractivity contribution in [1.82, 2.24) is 0 Å². The van der Waals surface area contributed by atoms with Gasteiger partial charge in [0.1, 0.15) is 7.05 Å². The van der Waals surface area contributed by atoms with Gasteiger partial charge in [-0.1, -0.05) is 6.58 Å². The van der Waals surface area contributed by atoms with Crippen LogP contribution in [0, 0.1) is 0 Å². The van der Waals surface area contributed by atoms with E-state index in [1.807, 2.05) is 0 Å². The number of allylic oxidation sites excluding steroid dienone is 1. The largest absolute Gasteiger partial charge is 0.465 e. The van der Waals surface area contributed by atoms with Crippen LogP contribution in [0.3, 0.4) is 0 Å². The van der Waals surface area contributed by atoms with Crippen LogP contribution in [0.15, 0.2) is 24.3 Å². The smallest absolute Gasteiger partial charge is 0.337 e. The minimum atomic E-state index is -0.411. The maximum Gasteiger partial charge on any atom is 0.337 e. The molecule has 0 radical (unpaired) electrons. The first-order valence-electron chi connectivity index (χ1n) is 3.16. The van der Waals surface area contributed by atoms with Crippen molar-refractivity contribution in [3.8, 4) is 0 Å². The summed E-state index contributed by atoms with van der Waals surface area (Å²) in [7, 11) is 3.09. The molecule has 0 aromatic rings. The molecule has 0 aromatic carbocycles. The zero-order valence-electron chi connectivity index (χ0n) is 6.76. The molecule has 11 heavy (non-hydrogen) atoms. The first-order chi connectivity index (χ1) is 5.22. The van der Waals surface area contributed by atoms with Crippen LogP contribution >= 0.6 is 0 Å². The van der Waals surface area contributed by atoms with Crippen LogP contribution in [-0.4, -0.2) is 26.3 Å². The summed E-state index contributed by atoms with van der Waals surface area (Å²) in [6.07, 6.45) is 4.94. The van der Waals surface area contributed by atoms with E-state index < -0.39 is 5.97 Å². The van der Waals surface area contributed by atoms with E-state index in [2.05, 4.69) is 16.3 Å². The molecule has 3 heteroatoms. The number of methoxy groups -OCH3 is 1. The maximum atomic E-state index is 10.7. The first-order valence-corrected chi connectivity index (χ1v) is 3.16. The molecule has 0 bridgehead atoms. The van der Waals surface area contributed by atoms with Crippen LogP contribution in [0.5, 0.6) is 0 Å². The highest BCUT2D eigenvalue weighted by Crippen LogP contribution is 1.93. The maximum absolute atomic E-state index is 10.7. The quantitative estimate of drug-likeness (QED) is 0.246. The minimum absolute atomic E-state index is 0.332. The number of hydrogen-bond donors (Lipinski definition) is 1. The molecular weight excluding hydrogens is 142 g/mol. The van der Waals surface area contributed by atoms with E-state index >= 15 is 0 Å². The van der Waals surface area contributed by atoms with Crippen LogP contribution in [0.1, 0.15) is 0 Å². The molecule has 60 valence electrons. The molecule has 0 spiro atoms. The van der Waals surface area contributed by atoms with Crippen molar-refractivity contribution in [3.63, 3.8) is 0 Å². The lowest BCUT2D eigenvalue weighted by Crippen LogP contribution is -2.62. The Hall–Kier alpha value is -1.38. The molecule has 0 fully saturated rings. The van der Waals surface area contributed by atoms with Gasteiger partial charge in [-0.05, 0) is 6.08 Å². The van der Waals surface area contributed by atoms with Crippen molar-refractivity contribution in [2.45, 2.75) is 0 Å². The third-order valence-electron chi connectivity index (χ3n) is 1.01. The molecule has 1 N–H and O–H groups in total. The van der Waals surface area contributed by atoms with E-state index in [4.69, 9.17) is 0 Å². The van der Waals surface area contributed by atoms with E-state index in [1.54, 1.807) is 25.4 Å². The number of rotatable bonds is 3. The van der Waals surface area contributed by atoms with Gasteiger partial charge in [-0.3, -0.25) is 4.99 Å². The molecule has 0 aliphatic carbocycles. The van der Waals surface area contributed by atoms with Crippen molar-refractivity contribution >= 4 is 12.2 Å². The van der Waals surface area contributed by atoms with Crippen molar-refractivity contribution in [1.29, 1.82) is 0 Å². The average Bonchev–Trinajstić information content (AvgIpc) is 2.03. The summed E-state index contributed by atoms with van der Waals surface area (Å²) in [6, 6.07) is 0. The van der Waals surface area contributed by atoms with Crippen molar-refractivity contribution < 1.29 is 14.5 Å². The minimum Gasteiger partial charge on any atom is -0.465 e. The summed E-state index contributed by atoms with van der Waals surface area (Å²) in [5.41, 5.74) is 0.332. The average molecular weight is 154 g/mol. The Bertz CT molecular complexity index is 204. The van der Waals surface area contributed by atoms with Crippen molar-refractivity contribution in [2.75, 3.05) is 14.2 Å². The van der Waals surface area contributed by atoms with Gasteiger partial charge >= 0.3 is 5.97 Å². The fraction of sp³-hybridized carbons (Fsp3) is 0.250. The topological polar surface area (TPSA) is 40.3 Å². The zero-order valence-corrected chi connectivity index (χ0v) is 6.76. The summed E-state index contributed by atoms with van der Waals surface area (Å²) < 4.78 is 4.42. The van der Waals surface area contributed by atoms with E-state index in [0.717, 1.165) is 0 Å². The van der Waals surface area contributed by atoms with Gasteiger partial charge in [0.15, 0.2) is 6.21 Å². The number of nitrogens with one attached hydrogen (secondary N) is 1. The normalized spacial score (nSPS) is 10.7. The summed E-state index contributed by atoms with van der Waals surface area (Å²) >= 11 is 0. The van der Waals surface area contributed by atoms with Gasteiger partial charge in [-0.15, -0.1) is 0 Å². The summed E-state index contributed by atoms with van der Waals surface area (Å²) in [6.45, 7) is 3.49. The number of ether oxygens (including phenoxy) is 1. The molecular formula is C8H12NO2+. The van der Waals surface area contributed by atoms with E-state index in [9.17, 15) is 4.79 Å². The van der Waals surface area contributed by atoms with Gasteiger partial charge < -0.3 is 4.74 Å². The Morgan fingerprint density at radius 3 is 2.73 bits per heavy atom. The van der Waals surface area contributed by atoms with E-state index in [1.165, 1.54) is 7.11 Å². The summed E-state index contributed by atoms with van der Waals surface area (Å²) in [5, 5.41) is 0. The van der Waals surface area contributed by atoms with Gasteiger partial charge in [0.2, 0.25) is 0 Å². The first kappa shape index (κ1) is 9.62. The molecule has 0 saturated heterocycles. The second kappa shape index (κ2) is 5.41. The lowest BCUT2D eigenvalue weighted by Gasteiger charge is -1.93. The van der Waals surface area contributed by atoms with E-state index in [-0.39, 0.29) is 0 Å². The lowest BCUT2D eigenvalue weighted by atomic mass is 10.3. The van der Waals surface area contributed by atoms with Gasteiger partial charge in [-0.25, -0.2) is 4.79 Å². The molecule has 0 rings (SSSR count). The predicted octanol–water partition coefficient (Wildman–Crippen LogP) is -0.947. The molecule has 0 saturated carbocycles. The van der Waals surface area contributed by atoms with Crippen LogP contribution in [0.4, 0.5) is 0 Å². The van der Waals surface area contributed by atoms with Crippen LogP contribution < -0.4 is 4.99 Å². The Morgan fingerprint density at radius 2 is 2.27 bits per heavy atom. The Balaban J connectivity index is 3.97. The molecule has 0 heterocycles. The van der Waals surface area contributed by atoms with Crippen molar-refractivity contribution in [3.05, 3.63) is 24.3 Å². The lowest BCUT2D eigenvalue weighted by molar-refractivity contribution is -0.413. The number of carbonyl (C=O) groups is 1. The molecule has 0 aliphatic heterocycles. The fourth-order valence-electron chi connectivity index (χ4n) is 0.460.